The first-order valence-corrected chi connectivity index (χ1v) is 15.2. The molecule has 2 aromatic carbocycles. The number of unbranched alkanes of at least 4 members (excludes halogenated alkanes) is 1. The summed E-state index contributed by atoms with van der Waals surface area (Å²) in [6.45, 7) is 14.4. The Kier molecular flexibility index (Phi) is 12.4. The number of aromatic hydroxyl groups is 1. The van der Waals surface area contributed by atoms with Gasteiger partial charge in [-0.2, -0.15) is 30.7 Å². The van der Waals surface area contributed by atoms with E-state index < -0.39 is 53.5 Å². The smallest absolute Gasteiger partial charge is 0.425 e. The normalized spacial score (nSPS) is 14.4. The zero-order valence-corrected chi connectivity index (χ0v) is 27.4. The summed E-state index contributed by atoms with van der Waals surface area (Å²) in [5, 5.41) is 14.0. The van der Waals surface area contributed by atoms with E-state index in [-0.39, 0.29) is 16.5 Å². The lowest BCUT2D eigenvalue weighted by atomic mass is 9.76. The molecule has 0 bridgehead atoms. The average Bonchev–Trinajstić information content (AvgIpc) is 2.99. The van der Waals surface area contributed by atoms with Gasteiger partial charge in [0, 0.05) is 17.3 Å². The molecule has 0 aliphatic heterocycles. The van der Waals surface area contributed by atoms with Gasteiger partial charge >= 0.3 is 23.9 Å². The van der Waals surface area contributed by atoms with Crippen LogP contribution in [0.15, 0.2) is 36.4 Å². The van der Waals surface area contributed by atoms with Crippen molar-refractivity contribution in [3.8, 4) is 11.5 Å². The van der Waals surface area contributed by atoms with E-state index in [9.17, 15) is 49.8 Å². The molecule has 0 radical (unpaired) electrons. The molecule has 0 spiro atoms. The summed E-state index contributed by atoms with van der Waals surface area (Å²) >= 11 is 0. The topological polar surface area (TPSA) is 87.7 Å². The van der Waals surface area contributed by atoms with Gasteiger partial charge in [0.1, 0.15) is 11.5 Å². The van der Waals surface area contributed by atoms with Crippen LogP contribution in [0, 0.1) is 0 Å². The monoisotopic (exact) mass is 682 g/mol. The molecule has 47 heavy (non-hydrogen) atoms. The zero-order valence-electron chi connectivity index (χ0n) is 27.4. The van der Waals surface area contributed by atoms with Gasteiger partial charge < -0.3 is 20.5 Å². The van der Waals surface area contributed by atoms with Gasteiger partial charge in [0.15, 0.2) is 6.10 Å². The number of halogens is 8. The third-order valence-electron chi connectivity index (χ3n) is 8.46. The van der Waals surface area contributed by atoms with Crippen LogP contribution in [0.25, 0.3) is 0 Å². The van der Waals surface area contributed by atoms with Gasteiger partial charge in [0.05, 0.1) is 5.69 Å². The number of ether oxygens (including phenoxy) is 1. The fourth-order valence-electron chi connectivity index (χ4n) is 4.42. The molecule has 0 aromatic heterocycles. The Labute approximate surface area is 269 Å². The van der Waals surface area contributed by atoms with Crippen LogP contribution in [0.5, 0.6) is 11.5 Å². The summed E-state index contributed by atoms with van der Waals surface area (Å²) in [6.07, 6.45) is -9.44. The van der Waals surface area contributed by atoms with E-state index >= 15 is 0 Å². The van der Waals surface area contributed by atoms with Crippen molar-refractivity contribution in [1.29, 1.82) is 0 Å². The lowest BCUT2D eigenvalue weighted by Gasteiger charge is -2.31. The van der Waals surface area contributed by atoms with Gasteiger partial charge in [-0.05, 0) is 60.3 Å². The van der Waals surface area contributed by atoms with Crippen molar-refractivity contribution in [2.45, 2.75) is 122 Å². The van der Waals surface area contributed by atoms with Crippen LogP contribution >= 0.6 is 0 Å². The number of benzene rings is 2. The first kappa shape index (κ1) is 39.6. The van der Waals surface area contributed by atoms with E-state index in [1.54, 1.807) is 0 Å². The molecule has 2 amide bonds. The second-order valence-electron chi connectivity index (χ2n) is 12.7. The molecule has 0 aliphatic carbocycles. The summed E-state index contributed by atoms with van der Waals surface area (Å²) in [5.74, 6) is -16.7. The van der Waals surface area contributed by atoms with Crippen molar-refractivity contribution in [3.05, 3.63) is 47.5 Å². The molecule has 2 aromatic rings. The van der Waals surface area contributed by atoms with Crippen molar-refractivity contribution in [2.24, 2.45) is 0 Å². The van der Waals surface area contributed by atoms with E-state index in [4.69, 9.17) is 4.74 Å². The molecule has 0 aliphatic rings. The number of amides is 2. The molecule has 3 N–H and O–H groups in total. The van der Waals surface area contributed by atoms with Gasteiger partial charge in [-0.1, -0.05) is 67.0 Å². The molecule has 2 unspecified atom stereocenters. The number of anilines is 2. The van der Waals surface area contributed by atoms with E-state index in [1.807, 2.05) is 26.0 Å². The van der Waals surface area contributed by atoms with E-state index in [0.717, 1.165) is 48.6 Å². The second-order valence-corrected chi connectivity index (χ2v) is 12.7. The van der Waals surface area contributed by atoms with Crippen molar-refractivity contribution >= 4 is 23.2 Å². The van der Waals surface area contributed by atoms with Gasteiger partial charge in [-0.25, -0.2) is 4.39 Å². The first-order valence-electron chi connectivity index (χ1n) is 15.2. The highest BCUT2D eigenvalue weighted by molar-refractivity contribution is 5.99. The Morgan fingerprint density at radius 2 is 1.45 bits per heavy atom. The maximum atomic E-state index is 14.0. The maximum absolute atomic E-state index is 14.0. The number of phenolic OH excluding ortho intramolecular Hbond substituents is 1. The molecule has 0 heterocycles. The molecule has 264 valence electrons. The van der Waals surface area contributed by atoms with Crippen LogP contribution in [0.1, 0.15) is 91.7 Å². The van der Waals surface area contributed by atoms with Crippen molar-refractivity contribution in [1.82, 2.24) is 0 Å². The summed E-state index contributed by atoms with van der Waals surface area (Å²) < 4.78 is 112. The Hall–Kier alpha value is -3.58. The quantitative estimate of drug-likeness (QED) is 0.129. The zero-order chi connectivity index (χ0) is 36.2. The number of carbonyl (C=O) groups excluding carboxylic acids is 2. The molecule has 2 rings (SSSR count). The molecular weight excluding hydrogens is 640 g/mol. The summed E-state index contributed by atoms with van der Waals surface area (Å²) in [7, 11) is 0. The van der Waals surface area contributed by atoms with Crippen LogP contribution in [0.4, 0.5) is 46.5 Å². The SMILES string of the molecule is CCCCC(Oc1ccc(C(C)(C)CC)cc1C(C)(C)CC)C(=O)Nc1ccc(NC(=O)C(F)(F)C(F)(F)C(F)C(F)(F)F)c(O)c1. The predicted molar refractivity (Wildman–Crippen MR) is 163 cm³/mol. The van der Waals surface area contributed by atoms with Crippen LogP contribution in [0.2, 0.25) is 0 Å². The van der Waals surface area contributed by atoms with Crippen LogP contribution in [-0.4, -0.2) is 47.2 Å². The number of hydrogen-bond acceptors (Lipinski definition) is 4. The standard InChI is InChI=1S/C33H42F8N2O4/c1-8-11-12-25(47-24-16-13-19(29(4,5)9-2)17-21(24)30(6,7)10-3)26(45)42-20-14-15-22(23(44)18-20)43-28(46)32(37,38)31(35,36)27(34)33(39,40)41/h13-18,25,27,44H,8-12H2,1-7H3,(H,42,45)(H,43,46). The third-order valence-corrected chi connectivity index (χ3v) is 8.46. The number of carbonyl (C=O) groups is 2. The molecular formula is C33H42F8N2O4. The van der Waals surface area contributed by atoms with Crippen LogP contribution < -0.4 is 15.4 Å². The Balaban J connectivity index is 2.33. The summed E-state index contributed by atoms with van der Waals surface area (Å²) in [4.78, 5) is 25.2. The summed E-state index contributed by atoms with van der Waals surface area (Å²) in [5.41, 5.74) is 0.564. The molecule has 14 heteroatoms. The Morgan fingerprint density at radius 1 is 0.851 bits per heavy atom. The fraction of sp³-hybridized carbons (Fsp3) is 0.576. The van der Waals surface area contributed by atoms with Gasteiger partial charge in [-0.15, -0.1) is 0 Å². The van der Waals surface area contributed by atoms with Gasteiger partial charge in [0.2, 0.25) is 0 Å². The van der Waals surface area contributed by atoms with E-state index in [2.05, 4.69) is 46.0 Å². The number of alkyl halides is 8. The largest absolute Gasteiger partial charge is 0.506 e. The Bertz CT molecular complexity index is 1410. The molecule has 6 nitrogen and oxygen atoms in total. The highest BCUT2D eigenvalue weighted by atomic mass is 19.4. The minimum absolute atomic E-state index is 0.109. The lowest BCUT2D eigenvalue weighted by molar-refractivity contribution is -0.295. The number of hydrogen-bond donors (Lipinski definition) is 3. The average molecular weight is 683 g/mol. The maximum Gasteiger partial charge on any atom is 0.425 e. The molecule has 0 saturated heterocycles. The van der Waals surface area contributed by atoms with E-state index in [0.29, 0.717) is 18.6 Å². The third kappa shape index (κ3) is 9.07. The van der Waals surface area contributed by atoms with Crippen LogP contribution in [0.3, 0.4) is 0 Å². The van der Waals surface area contributed by atoms with E-state index in [1.165, 1.54) is 5.32 Å². The highest BCUT2D eigenvalue weighted by Gasteiger charge is 2.73. The minimum atomic E-state index is -6.45. The molecule has 0 fully saturated rings. The second kappa shape index (κ2) is 14.7. The van der Waals surface area contributed by atoms with Crippen molar-refractivity contribution in [3.63, 3.8) is 0 Å². The lowest BCUT2D eigenvalue weighted by Crippen LogP contribution is -2.58. The first-order chi connectivity index (χ1) is 21.5. The van der Waals surface area contributed by atoms with Gasteiger partial charge in [-0.3, -0.25) is 9.59 Å². The highest BCUT2D eigenvalue weighted by Crippen LogP contribution is 2.45. The number of phenols is 1. The predicted octanol–water partition coefficient (Wildman–Crippen LogP) is 9.45. The fourth-order valence-corrected chi connectivity index (χ4v) is 4.42. The number of nitrogens with one attached hydrogen (secondary N) is 2. The number of rotatable bonds is 15. The van der Waals surface area contributed by atoms with Crippen molar-refractivity contribution in [2.75, 3.05) is 10.6 Å². The molecule has 2 atom stereocenters. The summed E-state index contributed by atoms with van der Waals surface area (Å²) in [6, 6.07) is 8.41. The molecule has 0 saturated carbocycles. The van der Waals surface area contributed by atoms with Crippen molar-refractivity contribution < 1.29 is 54.6 Å². The minimum Gasteiger partial charge on any atom is -0.506 e. The van der Waals surface area contributed by atoms with Gasteiger partial charge in [0.25, 0.3) is 12.1 Å². The Morgan fingerprint density at radius 3 is 1.96 bits per heavy atom. The van der Waals surface area contributed by atoms with Crippen LogP contribution in [-0.2, 0) is 20.4 Å².